The van der Waals surface area contributed by atoms with Gasteiger partial charge in [0.05, 0.1) is 89.1 Å². The van der Waals surface area contributed by atoms with Crippen molar-refractivity contribution in [1.29, 1.82) is 21.0 Å². The third-order valence-electron chi connectivity index (χ3n) is 14.5. The number of nitriles is 4. The van der Waals surface area contributed by atoms with E-state index in [-0.39, 0.29) is 22.3 Å². The Kier molecular flexibility index (Phi) is 8.67. The predicted octanol–water partition coefficient (Wildman–Crippen LogP) is 15.2. The van der Waals surface area contributed by atoms with Crippen molar-refractivity contribution in [2.75, 3.05) is 0 Å². The number of hydrogen-bond donors (Lipinski definition) is 0. The number of hydrogen-bond acceptors (Lipinski definition) is 4. The number of rotatable bonds is 5. The molecule has 0 radical (unpaired) electrons. The number of fused-ring (bicyclic) bond motifs is 12. The zero-order chi connectivity index (χ0) is 48.2. The molecular formula is C64H34N8. The van der Waals surface area contributed by atoms with Gasteiger partial charge in [-0.05, 0) is 60.7 Å². The van der Waals surface area contributed by atoms with E-state index in [0.29, 0.717) is 33.9 Å². The van der Waals surface area contributed by atoms with E-state index in [2.05, 4.69) is 115 Å². The van der Waals surface area contributed by atoms with E-state index in [0.717, 1.165) is 87.2 Å². The first kappa shape index (κ1) is 40.4. The molecule has 0 bridgehead atoms. The smallest absolute Gasteiger partial charge is 0.103 e. The molecule has 330 valence electrons. The maximum atomic E-state index is 11.8. The summed E-state index contributed by atoms with van der Waals surface area (Å²) in [6.45, 7) is 0. The second-order valence-corrected chi connectivity index (χ2v) is 18.0. The van der Waals surface area contributed by atoms with Gasteiger partial charge in [-0.25, -0.2) is 0 Å². The average Bonchev–Trinajstić information content (AvgIpc) is 4.17. The molecule has 0 atom stereocenters. The van der Waals surface area contributed by atoms with E-state index in [1.807, 2.05) is 133 Å². The van der Waals surface area contributed by atoms with Crippen LogP contribution in [0, 0.1) is 45.3 Å². The molecule has 8 heteroatoms. The van der Waals surface area contributed by atoms with Crippen LogP contribution in [0.5, 0.6) is 0 Å². The van der Waals surface area contributed by atoms with Gasteiger partial charge in [-0.15, -0.1) is 0 Å². The predicted molar refractivity (Wildman–Crippen MR) is 288 cm³/mol. The summed E-state index contributed by atoms with van der Waals surface area (Å²) in [6.07, 6.45) is 0. The lowest BCUT2D eigenvalue weighted by Gasteiger charge is -2.24. The van der Waals surface area contributed by atoms with Crippen molar-refractivity contribution < 1.29 is 0 Å². The first-order chi connectivity index (χ1) is 35.6. The zero-order valence-corrected chi connectivity index (χ0v) is 38.2. The second-order valence-electron chi connectivity index (χ2n) is 18.0. The van der Waals surface area contributed by atoms with Gasteiger partial charge < -0.3 is 18.3 Å². The van der Waals surface area contributed by atoms with Crippen LogP contribution in [0.25, 0.3) is 121 Å². The molecule has 0 unspecified atom stereocenters. The molecule has 0 amide bonds. The zero-order valence-electron chi connectivity index (χ0n) is 38.2. The van der Waals surface area contributed by atoms with Crippen molar-refractivity contribution in [3.63, 3.8) is 0 Å². The normalized spacial score (nSPS) is 11.6. The van der Waals surface area contributed by atoms with Gasteiger partial charge in [-0.3, -0.25) is 0 Å². The summed E-state index contributed by atoms with van der Waals surface area (Å²) < 4.78 is 8.56. The Hall–Kier alpha value is -10.6. The summed E-state index contributed by atoms with van der Waals surface area (Å²) in [7, 11) is 0. The van der Waals surface area contributed by atoms with Gasteiger partial charge in [0.15, 0.2) is 0 Å². The number of aromatic nitrogens is 4. The topological polar surface area (TPSA) is 115 Å². The van der Waals surface area contributed by atoms with Gasteiger partial charge in [-0.1, -0.05) is 146 Å². The molecule has 4 aromatic heterocycles. The van der Waals surface area contributed by atoms with Crippen LogP contribution in [0.2, 0.25) is 0 Å². The molecule has 4 heterocycles. The molecule has 14 aromatic rings. The Morgan fingerprint density at radius 1 is 0.236 bits per heavy atom. The van der Waals surface area contributed by atoms with Crippen molar-refractivity contribution in [3.05, 3.63) is 229 Å². The summed E-state index contributed by atoms with van der Waals surface area (Å²) in [5, 5.41) is 55.0. The van der Waals surface area contributed by atoms with E-state index in [9.17, 15) is 21.0 Å². The fourth-order valence-corrected chi connectivity index (χ4v) is 11.7. The van der Waals surface area contributed by atoms with E-state index in [4.69, 9.17) is 0 Å². The first-order valence-corrected chi connectivity index (χ1v) is 23.6. The Labute approximate surface area is 411 Å². The van der Waals surface area contributed by atoms with Crippen LogP contribution in [0.1, 0.15) is 22.3 Å². The van der Waals surface area contributed by atoms with Crippen molar-refractivity contribution in [1.82, 2.24) is 18.3 Å². The molecule has 0 aliphatic carbocycles. The van der Waals surface area contributed by atoms with Gasteiger partial charge in [0.25, 0.3) is 0 Å². The van der Waals surface area contributed by atoms with Gasteiger partial charge in [-0.2, -0.15) is 21.0 Å². The lowest BCUT2D eigenvalue weighted by molar-refractivity contribution is 1.08. The largest absolute Gasteiger partial charge is 0.307 e. The molecule has 0 saturated heterocycles. The quantitative estimate of drug-likeness (QED) is 0.171. The molecule has 72 heavy (non-hydrogen) atoms. The van der Waals surface area contributed by atoms with Crippen LogP contribution >= 0.6 is 0 Å². The lowest BCUT2D eigenvalue weighted by atomic mass is 9.88. The Morgan fingerprint density at radius 3 is 0.639 bits per heavy atom. The standard InChI is InChI=1S/C64H34N8/c65-35-49-47(33-61(69-53-25-9-1-17-39(53)40-18-2-10-26-54(40)69)63(51(49)37-67)71-57-29-13-5-21-43(57)44-22-6-14-30-58(44)71)48-34-62(70-55-27-11-3-19-41(55)42-20-4-12-28-56(42)70)64(52(38-68)50(48)36-66)72-59-31-15-7-23-45(59)46-24-8-16-32-60(46)72/h1-34H. The van der Waals surface area contributed by atoms with Crippen molar-refractivity contribution in [2.45, 2.75) is 0 Å². The maximum Gasteiger partial charge on any atom is 0.103 e. The van der Waals surface area contributed by atoms with Gasteiger partial charge in [0, 0.05) is 54.2 Å². The third kappa shape index (κ3) is 5.41. The van der Waals surface area contributed by atoms with E-state index < -0.39 is 0 Å². The lowest BCUT2D eigenvalue weighted by Crippen LogP contribution is -2.11. The first-order valence-electron chi connectivity index (χ1n) is 23.6. The van der Waals surface area contributed by atoms with Gasteiger partial charge in [0.1, 0.15) is 24.3 Å². The highest BCUT2D eigenvalue weighted by molar-refractivity contribution is 6.14. The highest BCUT2D eigenvalue weighted by Gasteiger charge is 2.31. The van der Waals surface area contributed by atoms with Crippen molar-refractivity contribution in [3.8, 4) is 58.2 Å². The molecule has 0 fully saturated rings. The molecule has 0 N–H and O–H groups in total. The van der Waals surface area contributed by atoms with Gasteiger partial charge >= 0.3 is 0 Å². The Bertz CT molecular complexity index is 4350. The summed E-state index contributed by atoms with van der Waals surface area (Å²) in [4.78, 5) is 0. The fraction of sp³-hybridized carbons (Fsp3) is 0. The minimum Gasteiger partial charge on any atom is -0.307 e. The van der Waals surface area contributed by atoms with Crippen LogP contribution in [-0.2, 0) is 0 Å². The summed E-state index contributed by atoms with van der Waals surface area (Å²) >= 11 is 0. The molecule has 0 aliphatic heterocycles. The maximum absolute atomic E-state index is 11.8. The molecular weight excluding hydrogens is 881 g/mol. The molecule has 0 aliphatic rings. The van der Waals surface area contributed by atoms with Crippen molar-refractivity contribution in [2.24, 2.45) is 0 Å². The molecule has 8 nitrogen and oxygen atoms in total. The highest BCUT2D eigenvalue weighted by atomic mass is 15.1. The molecule has 14 rings (SSSR count). The second kappa shape index (κ2) is 15.4. The van der Waals surface area contributed by atoms with Crippen LogP contribution in [0.15, 0.2) is 206 Å². The van der Waals surface area contributed by atoms with E-state index in [1.165, 1.54) is 0 Å². The third-order valence-corrected chi connectivity index (χ3v) is 14.5. The summed E-state index contributed by atoms with van der Waals surface area (Å²) in [6, 6.07) is 79.4. The average molecular weight is 915 g/mol. The minimum absolute atomic E-state index is 0.0806. The van der Waals surface area contributed by atoms with Gasteiger partial charge in [0.2, 0.25) is 0 Å². The highest BCUT2D eigenvalue weighted by Crippen LogP contribution is 2.47. The summed E-state index contributed by atoms with van der Waals surface area (Å²) in [5.41, 5.74) is 10.4. The Morgan fingerprint density at radius 2 is 0.431 bits per heavy atom. The number of nitrogens with zero attached hydrogens (tertiary/aromatic N) is 8. The van der Waals surface area contributed by atoms with Crippen molar-refractivity contribution >= 4 is 87.2 Å². The van der Waals surface area contributed by atoms with Crippen LogP contribution in [0.4, 0.5) is 0 Å². The monoisotopic (exact) mass is 914 g/mol. The SMILES string of the molecule is N#Cc1c(-c2cc(-n3c4ccccc4c4ccccc43)c(-n3c4ccccc4c4ccccc43)c(C#N)c2C#N)cc(-n2c3ccccc3c3ccccc32)c(-n2c3ccccc3c3ccccc32)c1C#N. The number of benzene rings is 10. The van der Waals surface area contributed by atoms with E-state index >= 15 is 0 Å². The Balaban J connectivity index is 1.21. The molecule has 0 saturated carbocycles. The number of para-hydroxylation sites is 8. The molecule has 10 aromatic carbocycles. The van der Waals surface area contributed by atoms with Crippen LogP contribution < -0.4 is 0 Å². The minimum atomic E-state index is 0.0806. The van der Waals surface area contributed by atoms with Crippen LogP contribution in [0.3, 0.4) is 0 Å². The van der Waals surface area contributed by atoms with E-state index in [1.54, 1.807) is 0 Å². The van der Waals surface area contributed by atoms with Crippen LogP contribution in [-0.4, -0.2) is 18.3 Å². The fourth-order valence-electron chi connectivity index (χ4n) is 11.7. The summed E-state index contributed by atoms with van der Waals surface area (Å²) in [5.74, 6) is 0. The molecule has 0 spiro atoms.